The first-order valence-corrected chi connectivity index (χ1v) is 10.6. The number of anilines is 1. The predicted molar refractivity (Wildman–Crippen MR) is 116 cm³/mol. The summed E-state index contributed by atoms with van der Waals surface area (Å²) in [6.45, 7) is 4.52. The Balaban J connectivity index is 1.56. The number of likely N-dealkylation sites (N-methyl/N-ethyl adjacent to an activating group) is 1. The molecule has 5 nitrogen and oxygen atoms in total. The second kappa shape index (κ2) is 8.87. The van der Waals surface area contributed by atoms with Crippen LogP contribution in [0.2, 0.25) is 0 Å². The van der Waals surface area contributed by atoms with Gasteiger partial charge in [-0.05, 0) is 56.5 Å². The standard InChI is InChI=1S/C24H31N3O2/c1-18-7-6-8-19-15-27(23(28)17-29-22-9-4-3-5-10-22)16-21-12-11-20(26(21)2)13-14-25-24(18)19/h3-10,20-21,25H,11-17H2,1-2H3. The van der Waals surface area contributed by atoms with E-state index in [9.17, 15) is 4.79 Å². The maximum atomic E-state index is 13.2. The second-order valence-electron chi connectivity index (χ2n) is 8.25. The number of benzene rings is 2. The van der Waals surface area contributed by atoms with Crippen molar-refractivity contribution in [3.8, 4) is 5.75 Å². The molecule has 1 amide bonds. The third kappa shape index (κ3) is 4.56. The Morgan fingerprint density at radius 1 is 1.07 bits per heavy atom. The van der Waals surface area contributed by atoms with Gasteiger partial charge in [-0.1, -0.05) is 36.4 Å². The predicted octanol–water partition coefficient (Wildman–Crippen LogP) is 3.68. The van der Waals surface area contributed by atoms with Crippen LogP contribution in [0.15, 0.2) is 48.5 Å². The number of amides is 1. The van der Waals surface area contributed by atoms with Crippen molar-refractivity contribution in [3.05, 3.63) is 59.7 Å². The van der Waals surface area contributed by atoms with Crippen LogP contribution in [-0.2, 0) is 11.3 Å². The molecule has 29 heavy (non-hydrogen) atoms. The van der Waals surface area contributed by atoms with E-state index >= 15 is 0 Å². The first-order valence-electron chi connectivity index (χ1n) is 10.6. The SMILES string of the molecule is Cc1cccc2c1NCCC1CCC(CN(C(=O)COc3ccccc3)C2)N1C. The molecule has 1 fully saturated rings. The molecule has 2 bridgehead atoms. The summed E-state index contributed by atoms with van der Waals surface area (Å²) < 4.78 is 5.77. The zero-order valence-electron chi connectivity index (χ0n) is 17.4. The zero-order chi connectivity index (χ0) is 20.2. The van der Waals surface area contributed by atoms with Crippen LogP contribution in [0, 0.1) is 6.92 Å². The van der Waals surface area contributed by atoms with Crippen molar-refractivity contribution in [3.63, 3.8) is 0 Å². The van der Waals surface area contributed by atoms with Crippen molar-refractivity contribution in [2.75, 3.05) is 32.1 Å². The van der Waals surface area contributed by atoms with Crippen LogP contribution >= 0.6 is 0 Å². The van der Waals surface area contributed by atoms with Crippen LogP contribution in [0.1, 0.15) is 30.4 Å². The molecule has 5 heteroatoms. The average Bonchev–Trinajstić information content (AvgIpc) is 3.06. The molecule has 2 aromatic rings. The summed E-state index contributed by atoms with van der Waals surface area (Å²) in [5, 5.41) is 3.65. The number of ether oxygens (including phenoxy) is 1. The Bertz CT molecular complexity index is 839. The Hall–Kier alpha value is -2.53. The Kier molecular flexibility index (Phi) is 6.05. The van der Waals surface area contributed by atoms with E-state index in [2.05, 4.69) is 42.4 Å². The van der Waals surface area contributed by atoms with E-state index in [0.717, 1.165) is 31.7 Å². The average molecular weight is 394 g/mol. The highest BCUT2D eigenvalue weighted by Crippen LogP contribution is 2.29. The number of carbonyl (C=O) groups is 1. The third-order valence-corrected chi connectivity index (χ3v) is 6.37. The molecule has 4 rings (SSSR count). The van der Waals surface area contributed by atoms with Gasteiger partial charge in [0.1, 0.15) is 5.75 Å². The fourth-order valence-corrected chi connectivity index (χ4v) is 4.60. The fraction of sp³-hybridized carbons (Fsp3) is 0.458. The van der Waals surface area contributed by atoms with Gasteiger partial charge in [0, 0.05) is 37.4 Å². The first-order chi connectivity index (χ1) is 14.1. The fourth-order valence-electron chi connectivity index (χ4n) is 4.60. The van der Waals surface area contributed by atoms with Gasteiger partial charge in [-0.2, -0.15) is 0 Å². The minimum Gasteiger partial charge on any atom is -0.484 e. The van der Waals surface area contributed by atoms with Crippen LogP contribution in [-0.4, -0.2) is 54.5 Å². The number of aryl methyl sites for hydroxylation is 1. The van der Waals surface area contributed by atoms with Crippen LogP contribution in [0.5, 0.6) is 5.75 Å². The lowest BCUT2D eigenvalue weighted by atomic mass is 10.1. The van der Waals surface area contributed by atoms with Gasteiger partial charge in [0.25, 0.3) is 5.91 Å². The number of hydrogen-bond donors (Lipinski definition) is 1. The van der Waals surface area contributed by atoms with Crippen molar-refractivity contribution >= 4 is 11.6 Å². The van der Waals surface area contributed by atoms with Crippen molar-refractivity contribution in [1.82, 2.24) is 9.80 Å². The van der Waals surface area contributed by atoms with Gasteiger partial charge in [-0.3, -0.25) is 9.69 Å². The molecule has 2 aromatic carbocycles. The molecule has 154 valence electrons. The lowest BCUT2D eigenvalue weighted by molar-refractivity contribution is -0.134. The second-order valence-corrected chi connectivity index (χ2v) is 8.25. The van der Waals surface area contributed by atoms with Gasteiger partial charge < -0.3 is 15.0 Å². The van der Waals surface area contributed by atoms with Crippen LogP contribution in [0.25, 0.3) is 0 Å². The molecule has 2 atom stereocenters. The van der Waals surface area contributed by atoms with Gasteiger partial charge >= 0.3 is 0 Å². The van der Waals surface area contributed by atoms with Gasteiger partial charge in [0.05, 0.1) is 0 Å². The van der Waals surface area contributed by atoms with Crippen LogP contribution < -0.4 is 10.1 Å². The Morgan fingerprint density at radius 2 is 1.86 bits per heavy atom. The minimum absolute atomic E-state index is 0.0393. The van der Waals surface area contributed by atoms with Crippen molar-refractivity contribution in [1.29, 1.82) is 0 Å². The maximum Gasteiger partial charge on any atom is 0.260 e. The summed E-state index contributed by atoms with van der Waals surface area (Å²) in [6, 6.07) is 16.9. The molecule has 0 spiro atoms. The molecule has 0 aromatic heterocycles. The highest BCUT2D eigenvalue weighted by molar-refractivity contribution is 5.78. The normalized spacial score (nSPS) is 22.3. The largest absolute Gasteiger partial charge is 0.484 e. The van der Waals surface area contributed by atoms with Crippen LogP contribution in [0.3, 0.4) is 0 Å². The number of nitrogens with one attached hydrogen (secondary N) is 1. The monoisotopic (exact) mass is 393 g/mol. The highest BCUT2D eigenvalue weighted by Gasteiger charge is 2.33. The van der Waals surface area contributed by atoms with E-state index in [-0.39, 0.29) is 12.5 Å². The number of carbonyl (C=O) groups excluding carboxylic acids is 1. The number of rotatable bonds is 3. The molecule has 2 heterocycles. The van der Waals surface area contributed by atoms with E-state index in [1.165, 1.54) is 23.2 Å². The lowest BCUT2D eigenvalue weighted by Crippen LogP contribution is -2.44. The van der Waals surface area contributed by atoms with Gasteiger partial charge in [-0.25, -0.2) is 0 Å². The highest BCUT2D eigenvalue weighted by atomic mass is 16.5. The van der Waals surface area contributed by atoms with Crippen molar-refractivity contribution < 1.29 is 9.53 Å². The van der Waals surface area contributed by atoms with Gasteiger partial charge in [0.15, 0.2) is 6.61 Å². The lowest BCUT2D eigenvalue weighted by Gasteiger charge is -2.31. The van der Waals surface area contributed by atoms with E-state index in [1.807, 2.05) is 35.2 Å². The van der Waals surface area contributed by atoms with Crippen molar-refractivity contribution in [2.24, 2.45) is 0 Å². The summed E-state index contributed by atoms with van der Waals surface area (Å²) in [5.41, 5.74) is 3.58. The molecule has 0 saturated carbocycles. The molecular formula is C24H31N3O2. The maximum absolute atomic E-state index is 13.2. The van der Waals surface area contributed by atoms with Gasteiger partial charge in [0.2, 0.25) is 0 Å². The van der Waals surface area contributed by atoms with Crippen molar-refractivity contribution in [2.45, 2.75) is 44.8 Å². The van der Waals surface area contributed by atoms with E-state index < -0.39 is 0 Å². The molecule has 1 saturated heterocycles. The van der Waals surface area contributed by atoms with E-state index in [4.69, 9.17) is 4.74 Å². The summed E-state index contributed by atoms with van der Waals surface area (Å²) in [7, 11) is 2.21. The Morgan fingerprint density at radius 3 is 2.69 bits per heavy atom. The topological polar surface area (TPSA) is 44.8 Å². The quantitative estimate of drug-likeness (QED) is 0.864. The molecule has 2 unspecified atom stereocenters. The summed E-state index contributed by atoms with van der Waals surface area (Å²) >= 11 is 0. The van der Waals surface area contributed by atoms with E-state index in [0.29, 0.717) is 18.6 Å². The summed E-state index contributed by atoms with van der Waals surface area (Å²) in [4.78, 5) is 17.6. The summed E-state index contributed by atoms with van der Waals surface area (Å²) in [5.74, 6) is 0.770. The zero-order valence-corrected chi connectivity index (χ0v) is 17.4. The van der Waals surface area contributed by atoms with E-state index in [1.54, 1.807) is 0 Å². The van der Waals surface area contributed by atoms with Crippen LogP contribution in [0.4, 0.5) is 5.69 Å². The molecule has 1 N–H and O–H groups in total. The number of nitrogens with zero attached hydrogens (tertiary/aromatic N) is 2. The number of fused-ring (bicyclic) bond motifs is 3. The minimum atomic E-state index is 0.0393. The Labute approximate surface area is 173 Å². The molecular weight excluding hydrogens is 362 g/mol. The first kappa shape index (κ1) is 19.8. The van der Waals surface area contributed by atoms with Gasteiger partial charge in [-0.15, -0.1) is 0 Å². The smallest absolute Gasteiger partial charge is 0.260 e. The molecule has 0 radical (unpaired) electrons. The third-order valence-electron chi connectivity index (χ3n) is 6.37. The number of para-hydroxylation sites is 2. The molecule has 2 aliphatic rings. The number of hydrogen-bond acceptors (Lipinski definition) is 4. The molecule has 2 aliphatic heterocycles. The molecule has 0 aliphatic carbocycles. The summed E-state index contributed by atoms with van der Waals surface area (Å²) in [6.07, 6.45) is 3.48.